The molecule has 2 unspecified atom stereocenters. The molecule has 7 heteroatoms. The van der Waals surface area contributed by atoms with Crippen molar-refractivity contribution in [2.45, 2.75) is 25.4 Å². The summed E-state index contributed by atoms with van der Waals surface area (Å²) in [5, 5.41) is 2.97. The number of nitrogens with zero attached hydrogens (tertiary/aromatic N) is 3. The van der Waals surface area contributed by atoms with E-state index in [1.807, 2.05) is 42.2 Å². The standard InChI is InChI=1S/C18H24N4O3/c1-14(15-5-3-2-4-6-15)22-12-16(11-17(22)24)19-18(25)21-9-7-20(13-23)8-10-21/h2-6,13-14,16H,7-12H2,1H3,(H,19,25). The van der Waals surface area contributed by atoms with Gasteiger partial charge in [0, 0.05) is 39.1 Å². The number of piperazine rings is 1. The van der Waals surface area contributed by atoms with Crippen LogP contribution in [0, 0.1) is 0 Å². The number of rotatable bonds is 4. The van der Waals surface area contributed by atoms with Gasteiger partial charge in [-0.25, -0.2) is 4.79 Å². The summed E-state index contributed by atoms with van der Waals surface area (Å²) in [5.74, 6) is 0.0624. The minimum atomic E-state index is -0.171. The first-order chi connectivity index (χ1) is 12.1. The number of amides is 4. The Labute approximate surface area is 147 Å². The molecule has 7 nitrogen and oxygen atoms in total. The van der Waals surface area contributed by atoms with Gasteiger partial charge in [0.1, 0.15) is 0 Å². The second kappa shape index (κ2) is 7.55. The molecule has 0 bridgehead atoms. The van der Waals surface area contributed by atoms with Gasteiger partial charge in [-0.1, -0.05) is 30.3 Å². The molecule has 0 radical (unpaired) electrons. The molecule has 1 N–H and O–H groups in total. The van der Waals surface area contributed by atoms with Gasteiger partial charge in [0.2, 0.25) is 12.3 Å². The van der Waals surface area contributed by atoms with Crippen LogP contribution in [0.1, 0.15) is 24.9 Å². The Kier molecular flexibility index (Phi) is 5.21. The van der Waals surface area contributed by atoms with Crippen LogP contribution in [0.3, 0.4) is 0 Å². The second-order valence-corrected chi connectivity index (χ2v) is 6.61. The fourth-order valence-electron chi connectivity index (χ4n) is 3.41. The van der Waals surface area contributed by atoms with Crippen molar-refractivity contribution in [2.24, 2.45) is 0 Å². The summed E-state index contributed by atoms with van der Waals surface area (Å²) in [6.45, 7) is 4.69. The van der Waals surface area contributed by atoms with Crippen molar-refractivity contribution in [3.8, 4) is 0 Å². The van der Waals surface area contributed by atoms with Crippen molar-refractivity contribution in [1.29, 1.82) is 0 Å². The van der Waals surface area contributed by atoms with Crippen LogP contribution in [0.25, 0.3) is 0 Å². The lowest BCUT2D eigenvalue weighted by Gasteiger charge is -2.33. The Hall–Kier alpha value is -2.57. The molecular weight excluding hydrogens is 320 g/mol. The molecule has 3 rings (SSSR count). The molecule has 1 aromatic carbocycles. The molecule has 2 atom stereocenters. The minimum absolute atomic E-state index is 0.00765. The summed E-state index contributed by atoms with van der Waals surface area (Å²) in [5.41, 5.74) is 1.09. The molecule has 0 aromatic heterocycles. The van der Waals surface area contributed by atoms with E-state index in [1.165, 1.54) is 0 Å². The maximum Gasteiger partial charge on any atom is 0.317 e. The van der Waals surface area contributed by atoms with E-state index in [-0.39, 0.29) is 24.0 Å². The minimum Gasteiger partial charge on any atom is -0.342 e. The van der Waals surface area contributed by atoms with E-state index in [1.54, 1.807) is 9.80 Å². The Bertz CT molecular complexity index is 628. The van der Waals surface area contributed by atoms with Crippen LogP contribution in [0.4, 0.5) is 4.79 Å². The number of carbonyl (C=O) groups excluding carboxylic acids is 3. The largest absolute Gasteiger partial charge is 0.342 e. The van der Waals surface area contributed by atoms with Gasteiger partial charge in [-0.05, 0) is 12.5 Å². The number of hydrogen-bond donors (Lipinski definition) is 1. The van der Waals surface area contributed by atoms with Gasteiger partial charge in [-0.3, -0.25) is 9.59 Å². The molecule has 2 aliphatic rings. The monoisotopic (exact) mass is 344 g/mol. The number of nitrogens with one attached hydrogen (secondary N) is 1. The average molecular weight is 344 g/mol. The first kappa shape index (κ1) is 17.3. The van der Waals surface area contributed by atoms with Gasteiger partial charge >= 0.3 is 6.03 Å². The third-order valence-corrected chi connectivity index (χ3v) is 4.99. The van der Waals surface area contributed by atoms with E-state index in [0.717, 1.165) is 12.0 Å². The van der Waals surface area contributed by atoms with Crippen LogP contribution in [0.5, 0.6) is 0 Å². The molecule has 0 spiro atoms. The number of carbonyl (C=O) groups is 3. The molecule has 134 valence electrons. The smallest absolute Gasteiger partial charge is 0.317 e. The van der Waals surface area contributed by atoms with Gasteiger partial charge in [-0.2, -0.15) is 0 Å². The molecule has 0 saturated carbocycles. The Morgan fingerprint density at radius 1 is 1.20 bits per heavy atom. The summed E-state index contributed by atoms with van der Waals surface area (Å²) < 4.78 is 0. The van der Waals surface area contributed by atoms with E-state index in [9.17, 15) is 14.4 Å². The molecule has 2 fully saturated rings. The zero-order valence-electron chi connectivity index (χ0n) is 14.4. The molecule has 4 amide bonds. The Morgan fingerprint density at radius 3 is 2.52 bits per heavy atom. The lowest BCUT2D eigenvalue weighted by molar-refractivity contribution is -0.129. The zero-order chi connectivity index (χ0) is 17.8. The van der Waals surface area contributed by atoms with Crippen molar-refractivity contribution < 1.29 is 14.4 Å². The van der Waals surface area contributed by atoms with Crippen LogP contribution in [-0.2, 0) is 9.59 Å². The topological polar surface area (TPSA) is 73.0 Å². The van der Waals surface area contributed by atoms with Gasteiger partial charge in [0.15, 0.2) is 0 Å². The highest BCUT2D eigenvalue weighted by Gasteiger charge is 2.34. The summed E-state index contributed by atoms with van der Waals surface area (Å²) in [6.07, 6.45) is 1.14. The van der Waals surface area contributed by atoms with Crippen LogP contribution >= 0.6 is 0 Å². The highest BCUT2D eigenvalue weighted by atomic mass is 16.2. The van der Waals surface area contributed by atoms with E-state index in [4.69, 9.17) is 0 Å². The summed E-state index contributed by atoms with van der Waals surface area (Å²) >= 11 is 0. The van der Waals surface area contributed by atoms with E-state index in [2.05, 4.69) is 5.32 Å². The first-order valence-electron chi connectivity index (χ1n) is 8.67. The van der Waals surface area contributed by atoms with Gasteiger partial charge in [0.25, 0.3) is 0 Å². The van der Waals surface area contributed by atoms with E-state index < -0.39 is 0 Å². The Balaban J connectivity index is 1.54. The molecule has 25 heavy (non-hydrogen) atoms. The third kappa shape index (κ3) is 3.92. The number of urea groups is 1. The van der Waals surface area contributed by atoms with E-state index in [0.29, 0.717) is 39.1 Å². The first-order valence-corrected chi connectivity index (χ1v) is 8.67. The van der Waals surface area contributed by atoms with Crippen LogP contribution in [0.15, 0.2) is 30.3 Å². The molecule has 2 aliphatic heterocycles. The van der Waals surface area contributed by atoms with Gasteiger partial charge in [0.05, 0.1) is 12.1 Å². The maximum atomic E-state index is 12.4. The highest BCUT2D eigenvalue weighted by molar-refractivity contribution is 5.82. The van der Waals surface area contributed by atoms with Crippen molar-refractivity contribution in [3.05, 3.63) is 35.9 Å². The number of hydrogen-bond acceptors (Lipinski definition) is 3. The Morgan fingerprint density at radius 2 is 1.88 bits per heavy atom. The maximum absolute atomic E-state index is 12.4. The second-order valence-electron chi connectivity index (χ2n) is 6.61. The van der Waals surface area contributed by atoms with Crippen LogP contribution < -0.4 is 5.32 Å². The zero-order valence-corrected chi connectivity index (χ0v) is 14.4. The van der Waals surface area contributed by atoms with Crippen molar-refractivity contribution in [2.75, 3.05) is 32.7 Å². The average Bonchev–Trinajstić information content (AvgIpc) is 3.02. The molecule has 2 heterocycles. The predicted octanol–water partition coefficient (Wildman–Crippen LogP) is 0.832. The highest BCUT2D eigenvalue weighted by Crippen LogP contribution is 2.25. The quantitative estimate of drug-likeness (QED) is 0.823. The third-order valence-electron chi connectivity index (χ3n) is 4.99. The summed E-state index contributed by atoms with van der Waals surface area (Å²) in [7, 11) is 0. The fourth-order valence-corrected chi connectivity index (χ4v) is 3.41. The molecule has 0 aliphatic carbocycles. The van der Waals surface area contributed by atoms with Gasteiger partial charge in [-0.15, -0.1) is 0 Å². The van der Waals surface area contributed by atoms with E-state index >= 15 is 0 Å². The molecule has 2 saturated heterocycles. The summed E-state index contributed by atoms with van der Waals surface area (Å²) in [6, 6.07) is 9.57. The lowest BCUT2D eigenvalue weighted by Crippen LogP contribution is -2.53. The van der Waals surface area contributed by atoms with Crippen LogP contribution in [0.2, 0.25) is 0 Å². The molecular formula is C18H24N4O3. The van der Waals surface area contributed by atoms with Crippen LogP contribution in [-0.4, -0.2) is 71.8 Å². The SMILES string of the molecule is CC(c1ccccc1)N1CC(NC(=O)N2CCN(C=O)CC2)CC1=O. The lowest BCUT2D eigenvalue weighted by atomic mass is 10.1. The normalized spacial score (nSPS) is 22.0. The van der Waals surface area contributed by atoms with Crippen molar-refractivity contribution in [1.82, 2.24) is 20.0 Å². The number of benzene rings is 1. The number of likely N-dealkylation sites (tertiary alicyclic amines) is 1. The van der Waals surface area contributed by atoms with Gasteiger partial charge < -0.3 is 20.0 Å². The van der Waals surface area contributed by atoms with Crippen molar-refractivity contribution >= 4 is 18.3 Å². The predicted molar refractivity (Wildman–Crippen MR) is 92.7 cm³/mol. The fraction of sp³-hybridized carbons (Fsp3) is 0.500. The summed E-state index contributed by atoms with van der Waals surface area (Å²) in [4.78, 5) is 40.7. The molecule has 1 aromatic rings. The van der Waals surface area contributed by atoms with Crippen molar-refractivity contribution in [3.63, 3.8) is 0 Å².